The van der Waals surface area contributed by atoms with Crippen LogP contribution in [0.1, 0.15) is 30.9 Å². The van der Waals surface area contributed by atoms with Gasteiger partial charge in [0.1, 0.15) is 5.70 Å². The molecule has 0 aliphatic carbocycles. The normalized spacial score (nSPS) is 13.0. The average molecular weight is 380 g/mol. The first-order chi connectivity index (χ1) is 13.5. The summed E-state index contributed by atoms with van der Waals surface area (Å²) in [6.45, 7) is 2.08. The van der Waals surface area contributed by atoms with Gasteiger partial charge in [-0.25, -0.2) is 9.98 Å². The van der Waals surface area contributed by atoms with Gasteiger partial charge in [0.2, 0.25) is 11.9 Å². The summed E-state index contributed by atoms with van der Waals surface area (Å²) in [6.07, 6.45) is 4.16. The van der Waals surface area contributed by atoms with Gasteiger partial charge in [0.15, 0.2) is 0 Å². The molecule has 1 aliphatic rings. The van der Waals surface area contributed by atoms with Crippen molar-refractivity contribution in [3.05, 3.63) is 71.4 Å². The maximum atomic E-state index is 12.8. The highest BCUT2D eigenvalue weighted by Crippen LogP contribution is 2.20. The summed E-state index contributed by atoms with van der Waals surface area (Å²) >= 11 is 0. The molecule has 1 aromatic carbocycles. The van der Waals surface area contributed by atoms with E-state index in [9.17, 15) is 14.0 Å². The van der Waals surface area contributed by atoms with Crippen LogP contribution in [0.4, 0.5) is 10.1 Å². The molecule has 0 unspecified atom stereocenters. The average Bonchev–Trinajstić information content (AvgIpc) is 3.22. The van der Waals surface area contributed by atoms with Crippen LogP contribution < -0.4 is 10.2 Å². The Morgan fingerprint density at radius 2 is 1.93 bits per heavy atom. The third-order valence-corrected chi connectivity index (χ3v) is 4.48. The Morgan fingerprint density at radius 3 is 2.57 bits per heavy atom. The van der Waals surface area contributed by atoms with Crippen molar-refractivity contribution in [1.82, 2.24) is 10.3 Å². The lowest BCUT2D eigenvalue weighted by atomic mass is 10.1. The highest BCUT2D eigenvalue weighted by atomic mass is 19.1. The van der Waals surface area contributed by atoms with Crippen molar-refractivity contribution in [3.63, 3.8) is 0 Å². The number of benzene rings is 1. The summed E-state index contributed by atoms with van der Waals surface area (Å²) in [5.41, 5.74) is 3.58. The first kappa shape index (κ1) is 19.4. The number of carbonyl (C=O) groups excluding carboxylic acids is 2. The van der Waals surface area contributed by atoms with Gasteiger partial charge in [0, 0.05) is 38.3 Å². The van der Waals surface area contributed by atoms with Crippen LogP contribution in [0.15, 0.2) is 59.4 Å². The second-order valence-electron chi connectivity index (χ2n) is 6.38. The molecule has 3 rings (SSSR count). The SMILES string of the molecule is CCC(=O)N(C)c1ccc(C2=NC(C(=O)NCc3ccc(F)nc3)=CC2)cc1. The number of anilines is 1. The Labute approximate surface area is 162 Å². The molecule has 28 heavy (non-hydrogen) atoms. The number of nitrogens with one attached hydrogen (secondary N) is 1. The molecule has 144 valence electrons. The molecular weight excluding hydrogens is 359 g/mol. The number of aromatic nitrogens is 1. The number of aliphatic imine (C=N–C) groups is 1. The van der Waals surface area contributed by atoms with Crippen LogP contribution in [-0.4, -0.2) is 29.6 Å². The molecule has 0 saturated carbocycles. The smallest absolute Gasteiger partial charge is 0.269 e. The minimum Gasteiger partial charge on any atom is -0.347 e. The lowest BCUT2D eigenvalue weighted by Crippen LogP contribution is -2.25. The maximum Gasteiger partial charge on any atom is 0.269 e. The van der Waals surface area contributed by atoms with Gasteiger partial charge in [-0.05, 0) is 35.4 Å². The van der Waals surface area contributed by atoms with E-state index in [2.05, 4.69) is 15.3 Å². The van der Waals surface area contributed by atoms with Crippen molar-refractivity contribution in [2.45, 2.75) is 26.3 Å². The topological polar surface area (TPSA) is 74.7 Å². The summed E-state index contributed by atoms with van der Waals surface area (Å²) in [7, 11) is 1.74. The number of hydrogen-bond acceptors (Lipinski definition) is 4. The molecule has 0 spiro atoms. The molecule has 0 radical (unpaired) electrons. The molecule has 2 aromatic rings. The van der Waals surface area contributed by atoms with Gasteiger partial charge in [-0.1, -0.05) is 25.1 Å². The highest BCUT2D eigenvalue weighted by Gasteiger charge is 2.17. The number of carbonyl (C=O) groups is 2. The number of hydrogen-bond donors (Lipinski definition) is 1. The molecule has 2 amide bonds. The fourth-order valence-electron chi connectivity index (χ4n) is 2.80. The molecule has 7 heteroatoms. The van der Waals surface area contributed by atoms with Crippen LogP contribution in [0.5, 0.6) is 0 Å². The minimum atomic E-state index is -0.556. The van der Waals surface area contributed by atoms with Crippen LogP contribution in [0.3, 0.4) is 0 Å². The van der Waals surface area contributed by atoms with Crippen LogP contribution >= 0.6 is 0 Å². The largest absolute Gasteiger partial charge is 0.347 e. The number of allylic oxidation sites excluding steroid dienone is 1. The second kappa shape index (κ2) is 8.56. The lowest BCUT2D eigenvalue weighted by molar-refractivity contribution is -0.118. The zero-order valence-corrected chi connectivity index (χ0v) is 15.8. The maximum absolute atomic E-state index is 12.8. The fraction of sp³-hybridized carbons (Fsp3) is 0.238. The van der Waals surface area contributed by atoms with E-state index in [1.54, 1.807) is 24.1 Å². The van der Waals surface area contributed by atoms with Crippen LogP contribution in [0, 0.1) is 5.95 Å². The standard InChI is InChI=1S/C21H21FN4O2/c1-3-20(27)26(2)16-7-5-15(6-8-16)17-9-10-18(25-17)21(28)24-13-14-4-11-19(22)23-12-14/h4-8,10-12H,3,9,13H2,1-2H3,(H,24,28). The predicted octanol–water partition coefficient (Wildman–Crippen LogP) is 2.99. The Balaban J connectivity index is 1.61. The monoisotopic (exact) mass is 380 g/mol. The lowest BCUT2D eigenvalue weighted by Gasteiger charge is -2.16. The van der Waals surface area contributed by atoms with E-state index in [4.69, 9.17) is 0 Å². The molecule has 0 saturated heterocycles. The molecule has 0 bridgehead atoms. The Hall–Kier alpha value is -3.35. The Bertz CT molecular complexity index is 934. The first-order valence-electron chi connectivity index (χ1n) is 9.01. The fourth-order valence-corrected chi connectivity index (χ4v) is 2.80. The molecule has 1 aromatic heterocycles. The Morgan fingerprint density at radius 1 is 1.18 bits per heavy atom. The van der Waals surface area contributed by atoms with Crippen molar-refractivity contribution in [1.29, 1.82) is 0 Å². The van der Waals surface area contributed by atoms with E-state index in [0.29, 0.717) is 24.1 Å². The summed E-state index contributed by atoms with van der Waals surface area (Å²) in [4.78, 5) is 33.7. The number of rotatable bonds is 6. The van der Waals surface area contributed by atoms with E-state index in [0.717, 1.165) is 17.0 Å². The number of pyridine rings is 1. The summed E-state index contributed by atoms with van der Waals surface area (Å²) < 4.78 is 12.8. The molecule has 1 aliphatic heterocycles. The van der Waals surface area contributed by atoms with E-state index >= 15 is 0 Å². The van der Waals surface area contributed by atoms with Gasteiger partial charge in [-0.3, -0.25) is 9.59 Å². The van der Waals surface area contributed by atoms with Gasteiger partial charge >= 0.3 is 0 Å². The summed E-state index contributed by atoms with van der Waals surface area (Å²) in [6, 6.07) is 10.3. The summed E-state index contributed by atoms with van der Waals surface area (Å²) in [5, 5.41) is 2.75. The highest BCUT2D eigenvalue weighted by molar-refractivity contribution is 6.08. The van der Waals surface area contributed by atoms with Gasteiger partial charge in [0.25, 0.3) is 5.91 Å². The van der Waals surface area contributed by atoms with Gasteiger partial charge in [-0.2, -0.15) is 4.39 Å². The van der Waals surface area contributed by atoms with Crippen LogP contribution in [0.25, 0.3) is 0 Å². The number of halogens is 1. The van der Waals surface area contributed by atoms with Crippen molar-refractivity contribution >= 4 is 23.2 Å². The molecule has 0 fully saturated rings. The zero-order valence-electron chi connectivity index (χ0n) is 15.8. The quantitative estimate of drug-likeness (QED) is 0.783. The zero-order chi connectivity index (χ0) is 20.1. The van der Waals surface area contributed by atoms with Crippen molar-refractivity contribution in [2.24, 2.45) is 4.99 Å². The third kappa shape index (κ3) is 4.49. The minimum absolute atomic E-state index is 0.0444. The molecular formula is C21H21FN4O2. The van der Waals surface area contributed by atoms with Crippen LogP contribution in [-0.2, 0) is 16.1 Å². The first-order valence-corrected chi connectivity index (χ1v) is 9.01. The van der Waals surface area contributed by atoms with E-state index in [1.807, 2.05) is 31.2 Å². The number of amides is 2. The summed E-state index contributed by atoms with van der Waals surface area (Å²) in [5.74, 6) is -0.800. The Kier molecular flexibility index (Phi) is 5.93. The van der Waals surface area contributed by atoms with Crippen LogP contribution in [0.2, 0.25) is 0 Å². The third-order valence-electron chi connectivity index (χ3n) is 4.48. The van der Waals surface area contributed by atoms with Crippen molar-refractivity contribution in [2.75, 3.05) is 11.9 Å². The molecule has 0 atom stereocenters. The molecule has 2 heterocycles. The molecule has 6 nitrogen and oxygen atoms in total. The van der Waals surface area contributed by atoms with Gasteiger partial charge in [-0.15, -0.1) is 0 Å². The van der Waals surface area contributed by atoms with Gasteiger partial charge in [0.05, 0.1) is 5.71 Å². The van der Waals surface area contributed by atoms with Crippen molar-refractivity contribution in [3.8, 4) is 0 Å². The number of nitrogens with zero attached hydrogens (tertiary/aromatic N) is 3. The van der Waals surface area contributed by atoms with E-state index in [-0.39, 0.29) is 18.4 Å². The molecule has 1 N–H and O–H groups in total. The van der Waals surface area contributed by atoms with Crippen molar-refractivity contribution < 1.29 is 14.0 Å². The van der Waals surface area contributed by atoms with E-state index in [1.165, 1.54) is 12.3 Å². The predicted molar refractivity (Wildman–Crippen MR) is 105 cm³/mol. The second-order valence-corrected chi connectivity index (χ2v) is 6.38. The van der Waals surface area contributed by atoms with Gasteiger partial charge < -0.3 is 10.2 Å². The van der Waals surface area contributed by atoms with E-state index < -0.39 is 5.95 Å².